The molecule has 1 N–H and O–H groups in total. The van der Waals surface area contributed by atoms with Crippen LogP contribution >= 0.6 is 11.6 Å². The maximum Gasteiger partial charge on any atom is 0.125 e. The Morgan fingerprint density at radius 2 is 1.83 bits per heavy atom. The molecule has 1 aromatic rings. The van der Waals surface area contributed by atoms with E-state index < -0.39 is 0 Å². The van der Waals surface area contributed by atoms with Crippen LogP contribution in [-0.2, 0) is 0 Å². The van der Waals surface area contributed by atoms with E-state index in [1.807, 2.05) is 19.2 Å². The minimum absolute atomic E-state index is 0.174. The van der Waals surface area contributed by atoms with E-state index in [2.05, 4.69) is 33.0 Å². The average Bonchev–Trinajstić information content (AvgIpc) is 2.25. The molecule has 18 heavy (non-hydrogen) atoms. The molecule has 1 aliphatic rings. The van der Waals surface area contributed by atoms with Crippen LogP contribution in [0.2, 0.25) is 5.02 Å². The van der Waals surface area contributed by atoms with Crippen molar-refractivity contribution in [3.05, 3.63) is 28.3 Å². The van der Waals surface area contributed by atoms with Crippen LogP contribution in [0.25, 0.3) is 0 Å². The van der Waals surface area contributed by atoms with Crippen LogP contribution in [0.1, 0.15) is 31.4 Å². The molecule has 100 valence electrons. The van der Waals surface area contributed by atoms with Gasteiger partial charge in [-0.3, -0.25) is 0 Å². The second-order valence-corrected chi connectivity index (χ2v) is 6.31. The van der Waals surface area contributed by atoms with Gasteiger partial charge in [0, 0.05) is 22.9 Å². The zero-order valence-corrected chi connectivity index (χ0v) is 12.6. The number of rotatable bonds is 3. The van der Waals surface area contributed by atoms with Gasteiger partial charge in [-0.2, -0.15) is 0 Å². The molecule has 0 radical (unpaired) electrons. The largest absolute Gasteiger partial charge is 0.489 e. The molecule has 0 saturated heterocycles. The highest BCUT2D eigenvalue weighted by Crippen LogP contribution is 2.44. The zero-order valence-electron chi connectivity index (χ0n) is 11.8. The van der Waals surface area contributed by atoms with Crippen LogP contribution in [-0.4, -0.2) is 19.2 Å². The fourth-order valence-corrected chi connectivity index (χ4v) is 3.13. The van der Waals surface area contributed by atoms with Gasteiger partial charge in [-0.1, -0.05) is 25.4 Å². The maximum atomic E-state index is 6.22. The Hall–Kier alpha value is -0.730. The molecule has 1 fully saturated rings. The normalized spacial score (nSPS) is 25.7. The summed E-state index contributed by atoms with van der Waals surface area (Å²) in [6.07, 6.45) is 1.33. The molecule has 1 aliphatic carbocycles. The molecule has 0 aliphatic heterocycles. The molecule has 3 heteroatoms. The van der Waals surface area contributed by atoms with Crippen LogP contribution in [0.3, 0.4) is 0 Å². The van der Waals surface area contributed by atoms with Crippen molar-refractivity contribution in [3.63, 3.8) is 0 Å². The van der Waals surface area contributed by atoms with Gasteiger partial charge in [0.05, 0.1) is 0 Å². The van der Waals surface area contributed by atoms with Crippen LogP contribution < -0.4 is 10.1 Å². The monoisotopic (exact) mass is 267 g/mol. The molecule has 2 rings (SSSR count). The van der Waals surface area contributed by atoms with Gasteiger partial charge in [0.1, 0.15) is 11.9 Å². The summed E-state index contributed by atoms with van der Waals surface area (Å²) in [6.45, 7) is 8.61. The van der Waals surface area contributed by atoms with Crippen molar-refractivity contribution in [2.45, 2.75) is 46.3 Å². The summed E-state index contributed by atoms with van der Waals surface area (Å²) in [5.41, 5.74) is 2.40. The van der Waals surface area contributed by atoms with Crippen molar-refractivity contribution in [3.8, 4) is 5.75 Å². The van der Waals surface area contributed by atoms with Gasteiger partial charge in [-0.25, -0.2) is 0 Å². The summed E-state index contributed by atoms with van der Waals surface area (Å²) in [5, 5.41) is 4.12. The first kappa shape index (κ1) is 13.7. The zero-order chi connectivity index (χ0) is 13.5. The molecule has 0 bridgehead atoms. The van der Waals surface area contributed by atoms with E-state index >= 15 is 0 Å². The molecule has 2 atom stereocenters. The van der Waals surface area contributed by atoms with E-state index in [1.165, 1.54) is 0 Å². The number of aryl methyl sites for hydroxylation is 2. The second-order valence-electron chi connectivity index (χ2n) is 5.87. The second kappa shape index (κ2) is 4.75. The third-order valence-corrected chi connectivity index (χ3v) is 4.43. The highest BCUT2D eigenvalue weighted by atomic mass is 35.5. The summed E-state index contributed by atoms with van der Waals surface area (Å²) in [5.74, 6) is 0.993. The molecule has 2 unspecified atom stereocenters. The Balaban J connectivity index is 2.17. The summed E-state index contributed by atoms with van der Waals surface area (Å²) in [7, 11) is 2.02. The minimum Gasteiger partial charge on any atom is -0.489 e. The lowest BCUT2D eigenvalue weighted by Gasteiger charge is -2.51. The fraction of sp³-hybridized carbons (Fsp3) is 0.600. The van der Waals surface area contributed by atoms with E-state index in [0.717, 1.165) is 28.3 Å². The summed E-state index contributed by atoms with van der Waals surface area (Å²) in [6, 6.07) is 4.46. The van der Waals surface area contributed by atoms with E-state index in [-0.39, 0.29) is 11.5 Å². The fourth-order valence-electron chi connectivity index (χ4n) is 2.80. The third kappa shape index (κ3) is 2.24. The molecular weight excluding hydrogens is 246 g/mol. The first-order valence-electron chi connectivity index (χ1n) is 6.47. The molecule has 1 aromatic carbocycles. The number of nitrogens with one attached hydrogen (secondary N) is 1. The van der Waals surface area contributed by atoms with Crippen molar-refractivity contribution < 1.29 is 4.74 Å². The topological polar surface area (TPSA) is 21.3 Å². The Bertz CT molecular complexity index is 433. The summed E-state index contributed by atoms with van der Waals surface area (Å²) >= 11 is 6.04. The number of hydrogen-bond donors (Lipinski definition) is 1. The number of ether oxygens (including phenoxy) is 1. The number of halogens is 1. The Labute approximate surface area is 115 Å². The Kier molecular flexibility index (Phi) is 3.61. The van der Waals surface area contributed by atoms with Crippen LogP contribution in [0.15, 0.2) is 12.1 Å². The lowest BCUT2D eigenvalue weighted by Crippen LogP contribution is -2.61. The van der Waals surface area contributed by atoms with E-state index in [4.69, 9.17) is 16.3 Å². The molecule has 0 heterocycles. The SMILES string of the molecule is CNC1CC(Oc2c(C)cc(Cl)cc2C)C1(C)C. The highest BCUT2D eigenvalue weighted by molar-refractivity contribution is 6.30. The molecule has 0 amide bonds. The molecule has 0 aromatic heterocycles. The van der Waals surface area contributed by atoms with Gasteiger partial charge >= 0.3 is 0 Å². The first-order valence-corrected chi connectivity index (χ1v) is 6.84. The van der Waals surface area contributed by atoms with Gasteiger partial charge < -0.3 is 10.1 Å². The van der Waals surface area contributed by atoms with Crippen LogP contribution in [0.5, 0.6) is 5.75 Å². The van der Waals surface area contributed by atoms with Gasteiger partial charge in [-0.15, -0.1) is 0 Å². The lowest BCUT2D eigenvalue weighted by atomic mass is 9.64. The van der Waals surface area contributed by atoms with Gasteiger partial charge in [0.15, 0.2) is 0 Å². The minimum atomic E-state index is 0.174. The predicted octanol–water partition coefficient (Wildman–Crippen LogP) is 3.72. The number of hydrogen-bond acceptors (Lipinski definition) is 2. The molecule has 1 saturated carbocycles. The molecule has 2 nitrogen and oxygen atoms in total. The quantitative estimate of drug-likeness (QED) is 0.901. The molecule has 0 spiro atoms. The van der Waals surface area contributed by atoms with Gasteiger partial charge in [-0.05, 0) is 44.2 Å². The van der Waals surface area contributed by atoms with Crippen molar-refractivity contribution in [2.24, 2.45) is 5.41 Å². The van der Waals surface area contributed by atoms with Crippen LogP contribution in [0, 0.1) is 19.3 Å². The van der Waals surface area contributed by atoms with Crippen molar-refractivity contribution in [2.75, 3.05) is 7.05 Å². The van der Waals surface area contributed by atoms with Crippen LogP contribution in [0.4, 0.5) is 0 Å². The molecular formula is C15H22ClNO. The third-order valence-electron chi connectivity index (χ3n) is 4.21. The maximum absolute atomic E-state index is 6.22. The van der Waals surface area contributed by atoms with Gasteiger partial charge in [0.25, 0.3) is 0 Å². The van der Waals surface area contributed by atoms with Crippen molar-refractivity contribution in [1.29, 1.82) is 0 Å². The van der Waals surface area contributed by atoms with Crippen molar-refractivity contribution >= 4 is 11.6 Å². The van der Waals surface area contributed by atoms with E-state index in [0.29, 0.717) is 6.04 Å². The Morgan fingerprint density at radius 3 is 2.28 bits per heavy atom. The average molecular weight is 268 g/mol. The standard InChI is InChI=1S/C15H22ClNO/c1-9-6-11(16)7-10(2)14(9)18-13-8-12(17-5)15(13,3)4/h6-7,12-13,17H,8H2,1-5H3. The summed E-state index contributed by atoms with van der Waals surface area (Å²) in [4.78, 5) is 0. The first-order chi connectivity index (χ1) is 8.36. The highest BCUT2D eigenvalue weighted by Gasteiger charge is 2.49. The van der Waals surface area contributed by atoms with E-state index in [9.17, 15) is 0 Å². The lowest BCUT2D eigenvalue weighted by molar-refractivity contribution is -0.0527. The smallest absolute Gasteiger partial charge is 0.125 e. The van der Waals surface area contributed by atoms with Crippen molar-refractivity contribution in [1.82, 2.24) is 5.32 Å². The Morgan fingerprint density at radius 1 is 1.28 bits per heavy atom. The number of benzene rings is 1. The van der Waals surface area contributed by atoms with Gasteiger partial charge in [0.2, 0.25) is 0 Å². The van der Waals surface area contributed by atoms with E-state index in [1.54, 1.807) is 0 Å². The predicted molar refractivity (Wildman–Crippen MR) is 76.6 cm³/mol. The summed E-state index contributed by atoms with van der Waals surface area (Å²) < 4.78 is 6.22.